The van der Waals surface area contributed by atoms with Gasteiger partial charge in [-0.15, -0.1) is 0 Å². The Hall–Kier alpha value is -1.21. The SMILES string of the molecule is CCOS(=O)(=O)c1nccnc1OC. The predicted molar refractivity (Wildman–Crippen MR) is 47.4 cm³/mol. The summed E-state index contributed by atoms with van der Waals surface area (Å²) in [6.45, 7) is 1.61. The lowest BCUT2D eigenvalue weighted by atomic mass is 10.7. The second-order valence-electron chi connectivity index (χ2n) is 2.23. The van der Waals surface area contributed by atoms with Crippen LogP contribution in [0.5, 0.6) is 5.88 Å². The topological polar surface area (TPSA) is 78.4 Å². The molecular formula is C7H10N2O4S. The fraction of sp³-hybridized carbons (Fsp3) is 0.429. The number of hydrogen-bond donors (Lipinski definition) is 0. The van der Waals surface area contributed by atoms with E-state index in [1.165, 1.54) is 19.5 Å². The second-order valence-corrected chi connectivity index (χ2v) is 3.76. The van der Waals surface area contributed by atoms with E-state index in [4.69, 9.17) is 4.74 Å². The van der Waals surface area contributed by atoms with E-state index in [1.807, 2.05) is 0 Å². The Morgan fingerprint density at radius 3 is 2.57 bits per heavy atom. The molecule has 1 aromatic heterocycles. The molecule has 0 saturated heterocycles. The highest BCUT2D eigenvalue weighted by atomic mass is 32.2. The molecule has 0 aliphatic heterocycles. The van der Waals surface area contributed by atoms with E-state index in [-0.39, 0.29) is 17.5 Å². The lowest BCUT2D eigenvalue weighted by Crippen LogP contribution is -2.10. The zero-order valence-corrected chi connectivity index (χ0v) is 8.61. The maximum absolute atomic E-state index is 11.4. The first kappa shape index (κ1) is 10.9. The van der Waals surface area contributed by atoms with Gasteiger partial charge in [0.15, 0.2) is 0 Å². The van der Waals surface area contributed by atoms with Gasteiger partial charge >= 0.3 is 10.1 Å². The molecule has 0 aliphatic rings. The molecule has 0 aliphatic carbocycles. The van der Waals surface area contributed by atoms with Crippen molar-refractivity contribution in [3.8, 4) is 5.88 Å². The second kappa shape index (κ2) is 4.34. The highest BCUT2D eigenvalue weighted by Gasteiger charge is 2.22. The maximum atomic E-state index is 11.4. The molecule has 0 unspecified atom stereocenters. The molecule has 78 valence electrons. The number of ether oxygens (including phenoxy) is 1. The zero-order valence-electron chi connectivity index (χ0n) is 7.80. The molecule has 0 atom stereocenters. The highest BCUT2D eigenvalue weighted by Crippen LogP contribution is 2.18. The lowest BCUT2D eigenvalue weighted by Gasteiger charge is -2.05. The van der Waals surface area contributed by atoms with E-state index in [0.717, 1.165) is 0 Å². The number of nitrogens with zero attached hydrogens (tertiary/aromatic N) is 2. The van der Waals surface area contributed by atoms with Crippen LogP contribution in [0.4, 0.5) is 0 Å². The molecule has 1 aromatic rings. The Balaban J connectivity index is 3.18. The normalized spacial score (nSPS) is 11.3. The summed E-state index contributed by atoms with van der Waals surface area (Å²) in [5, 5.41) is -0.302. The molecule has 0 spiro atoms. The Labute approximate surface area is 82.0 Å². The smallest absolute Gasteiger partial charge is 0.320 e. The summed E-state index contributed by atoms with van der Waals surface area (Å²) in [7, 11) is -2.54. The van der Waals surface area contributed by atoms with Crippen molar-refractivity contribution in [2.75, 3.05) is 13.7 Å². The van der Waals surface area contributed by atoms with Crippen LogP contribution in [0.15, 0.2) is 17.4 Å². The van der Waals surface area contributed by atoms with Crippen molar-refractivity contribution in [3.05, 3.63) is 12.4 Å². The van der Waals surface area contributed by atoms with Gasteiger partial charge in [0.25, 0.3) is 5.88 Å². The van der Waals surface area contributed by atoms with Gasteiger partial charge in [-0.2, -0.15) is 8.42 Å². The minimum Gasteiger partial charge on any atom is -0.479 e. The summed E-state index contributed by atoms with van der Waals surface area (Å²) in [4.78, 5) is 7.34. The van der Waals surface area contributed by atoms with Gasteiger partial charge in [-0.1, -0.05) is 0 Å². The van der Waals surface area contributed by atoms with Gasteiger partial charge in [0.1, 0.15) is 0 Å². The highest BCUT2D eigenvalue weighted by molar-refractivity contribution is 7.86. The van der Waals surface area contributed by atoms with Crippen LogP contribution in [-0.4, -0.2) is 32.1 Å². The Morgan fingerprint density at radius 1 is 1.36 bits per heavy atom. The number of rotatable bonds is 4. The number of aromatic nitrogens is 2. The van der Waals surface area contributed by atoms with Gasteiger partial charge in [-0.05, 0) is 6.92 Å². The van der Waals surface area contributed by atoms with Crippen molar-refractivity contribution in [1.29, 1.82) is 0 Å². The van der Waals surface area contributed by atoms with Gasteiger partial charge in [0, 0.05) is 12.4 Å². The molecular weight excluding hydrogens is 208 g/mol. The summed E-state index contributed by atoms with van der Waals surface area (Å²) in [6, 6.07) is 0. The molecule has 1 heterocycles. The van der Waals surface area contributed by atoms with E-state index in [0.29, 0.717) is 0 Å². The molecule has 0 radical (unpaired) electrons. The van der Waals surface area contributed by atoms with Crippen molar-refractivity contribution in [2.24, 2.45) is 0 Å². The van der Waals surface area contributed by atoms with Crippen LogP contribution in [-0.2, 0) is 14.3 Å². The Bertz CT molecular complexity index is 404. The van der Waals surface area contributed by atoms with Crippen molar-refractivity contribution < 1.29 is 17.3 Å². The number of methoxy groups -OCH3 is 1. The van der Waals surface area contributed by atoms with Gasteiger partial charge < -0.3 is 4.74 Å². The molecule has 1 rings (SSSR count). The minimum absolute atomic E-state index is 0.0437. The lowest BCUT2D eigenvalue weighted by molar-refractivity contribution is 0.326. The summed E-state index contributed by atoms with van der Waals surface area (Å²) >= 11 is 0. The summed E-state index contributed by atoms with van der Waals surface area (Å²) < 4.78 is 32.1. The monoisotopic (exact) mass is 218 g/mol. The van der Waals surface area contributed by atoms with Crippen LogP contribution in [0.2, 0.25) is 0 Å². The number of hydrogen-bond acceptors (Lipinski definition) is 6. The Kier molecular flexibility index (Phi) is 3.37. The van der Waals surface area contributed by atoms with Crippen LogP contribution in [0.3, 0.4) is 0 Å². The third-order valence-electron chi connectivity index (χ3n) is 1.34. The maximum Gasteiger partial charge on any atom is 0.320 e. The molecule has 0 aromatic carbocycles. The van der Waals surface area contributed by atoms with Crippen LogP contribution in [0, 0.1) is 0 Å². The molecule has 0 bridgehead atoms. The zero-order chi connectivity index (χ0) is 10.6. The minimum atomic E-state index is -3.85. The Morgan fingerprint density at radius 2 is 2.00 bits per heavy atom. The van der Waals surface area contributed by atoms with Crippen LogP contribution >= 0.6 is 0 Å². The standard InChI is InChI=1S/C7H10N2O4S/c1-3-13-14(10,11)7-6(12-2)8-4-5-9-7/h4-5H,3H2,1-2H3. The molecule has 0 fully saturated rings. The van der Waals surface area contributed by atoms with Gasteiger partial charge in [-0.3, -0.25) is 4.18 Å². The van der Waals surface area contributed by atoms with E-state index in [1.54, 1.807) is 6.92 Å². The quantitative estimate of drug-likeness (QED) is 0.672. The first-order valence-corrected chi connectivity index (χ1v) is 5.27. The van der Waals surface area contributed by atoms with Gasteiger partial charge in [0.2, 0.25) is 5.03 Å². The first-order chi connectivity index (χ1) is 6.61. The molecule has 0 N–H and O–H groups in total. The third kappa shape index (κ3) is 2.18. The van der Waals surface area contributed by atoms with Crippen molar-refractivity contribution in [3.63, 3.8) is 0 Å². The molecule has 7 heteroatoms. The third-order valence-corrected chi connectivity index (χ3v) is 2.64. The van der Waals surface area contributed by atoms with E-state index >= 15 is 0 Å². The average molecular weight is 218 g/mol. The van der Waals surface area contributed by atoms with E-state index in [9.17, 15) is 8.42 Å². The van der Waals surface area contributed by atoms with Crippen molar-refractivity contribution >= 4 is 10.1 Å². The van der Waals surface area contributed by atoms with Crippen molar-refractivity contribution in [2.45, 2.75) is 11.9 Å². The fourth-order valence-electron chi connectivity index (χ4n) is 0.835. The summed E-state index contributed by atoms with van der Waals surface area (Å²) in [6.07, 6.45) is 2.60. The molecule has 0 saturated carbocycles. The summed E-state index contributed by atoms with van der Waals surface area (Å²) in [5.41, 5.74) is 0. The van der Waals surface area contributed by atoms with E-state index < -0.39 is 10.1 Å². The molecule has 14 heavy (non-hydrogen) atoms. The van der Waals surface area contributed by atoms with Crippen LogP contribution in [0.1, 0.15) is 6.92 Å². The van der Waals surface area contributed by atoms with Crippen molar-refractivity contribution in [1.82, 2.24) is 9.97 Å². The fourth-order valence-corrected chi connectivity index (χ4v) is 1.80. The predicted octanol–water partition coefficient (Wildman–Crippen LogP) is 0.210. The molecule has 6 nitrogen and oxygen atoms in total. The van der Waals surface area contributed by atoms with Crippen LogP contribution in [0.25, 0.3) is 0 Å². The van der Waals surface area contributed by atoms with Gasteiger partial charge in [-0.25, -0.2) is 9.97 Å². The van der Waals surface area contributed by atoms with Gasteiger partial charge in [0.05, 0.1) is 13.7 Å². The summed E-state index contributed by atoms with van der Waals surface area (Å²) in [5.74, 6) is -0.0686. The van der Waals surface area contributed by atoms with E-state index in [2.05, 4.69) is 14.2 Å². The first-order valence-electron chi connectivity index (χ1n) is 3.86. The molecule has 0 amide bonds. The van der Waals surface area contributed by atoms with Crippen LogP contribution < -0.4 is 4.74 Å². The largest absolute Gasteiger partial charge is 0.479 e. The average Bonchev–Trinajstić information content (AvgIpc) is 2.18.